The first kappa shape index (κ1) is 35.3. The fourth-order valence-electron chi connectivity index (χ4n) is 4.13. The summed E-state index contributed by atoms with van der Waals surface area (Å²) in [5, 5.41) is 5.24. The third kappa shape index (κ3) is 11.1. The lowest BCUT2D eigenvalue weighted by molar-refractivity contribution is -0.131. The summed E-state index contributed by atoms with van der Waals surface area (Å²) < 4.78 is 36.0. The highest BCUT2D eigenvalue weighted by molar-refractivity contribution is 14.1. The molecule has 236 valence electrons. The van der Waals surface area contributed by atoms with Gasteiger partial charge in [0.2, 0.25) is 27.7 Å². The van der Waals surface area contributed by atoms with Gasteiger partial charge in [-0.05, 0) is 95.4 Å². The molecule has 0 spiro atoms. The minimum absolute atomic E-state index is 0.0305. The first-order valence-electron chi connectivity index (χ1n) is 14.0. The van der Waals surface area contributed by atoms with E-state index >= 15 is 0 Å². The molecule has 0 aliphatic rings. The lowest BCUT2D eigenvalue weighted by atomic mass is 10.0. The molecule has 3 rings (SSSR count). The van der Waals surface area contributed by atoms with Crippen molar-refractivity contribution < 1.29 is 27.5 Å². The van der Waals surface area contributed by atoms with Crippen molar-refractivity contribution in [2.24, 2.45) is 11.7 Å². The molecule has 3 amide bonds. The molecule has 0 heterocycles. The second kappa shape index (κ2) is 16.8. The molecule has 0 fully saturated rings. The van der Waals surface area contributed by atoms with Crippen molar-refractivity contribution in [1.82, 2.24) is 15.4 Å². The number of sulfonamides is 1. The first-order chi connectivity index (χ1) is 20.9. The fourth-order valence-corrected chi connectivity index (χ4v) is 5.99. The van der Waals surface area contributed by atoms with E-state index in [1.807, 2.05) is 56.3 Å². The highest BCUT2D eigenvalue weighted by Crippen LogP contribution is 2.23. The maximum absolute atomic E-state index is 13.6. The van der Waals surface area contributed by atoms with Gasteiger partial charge in [0.25, 0.3) is 0 Å². The molecule has 5 N–H and O–H groups in total. The lowest BCUT2D eigenvalue weighted by Gasteiger charge is -2.25. The molecule has 0 saturated carbocycles. The maximum atomic E-state index is 13.6. The van der Waals surface area contributed by atoms with Crippen LogP contribution in [-0.4, -0.2) is 50.0 Å². The highest BCUT2D eigenvalue weighted by atomic mass is 127. The Bertz CT molecular complexity index is 1500. The molecule has 13 heteroatoms. The molecule has 3 aromatic carbocycles. The summed E-state index contributed by atoms with van der Waals surface area (Å²) >= 11 is 6.24. The minimum Gasteiger partial charge on any atom is -0.457 e. The van der Waals surface area contributed by atoms with Gasteiger partial charge in [-0.1, -0.05) is 44.2 Å². The number of para-hydroxylation sites is 1. The second-order valence-corrected chi connectivity index (χ2v) is 13.9. The van der Waals surface area contributed by atoms with E-state index in [2.05, 4.69) is 50.6 Å². The van der Waals surface area contributed by atoms with Crippen molar-refractivity contribution in [3.8, 4) is 11.5 Å². The van der Waals surface area contributed by atoms with Crippen molar-refractivity contribution in [3.63, 3.8) is 0 Å². The molecule has 0 aliphatic heterocycles. The molecule has 44 heavy (non-hydrogen) atoms. The summed E-state index contributed by atoms with van der Waals surface area (Å²) in [6, 6.07) is 18.9. The van der Waals surface area contributed by atoms with Crippen LogP contribution in [0.15, 0.2) is 83.8 Å². The predicted molar refractivity (Wildman–Crippen MR) is 181 cm³/mol. The number of carbonyl (C=O) groups is 3. The van der Waals surface area contributed by atoms with Gasteiger partial charge < -0.3 is 21.1 Å². The average Bonchev–Trinajstić information content (AvgIpc) is 2.99. The van der Waals surface area contributed by atoms with Gasteiger partial charge in [-0.3, -0.25) is 14.4 Å². The van der Waals surface area contributed by atoms with Crippen LogP contribution in [0.5, 0.6) is 11.5 Å². The topological polar surface area (TPSA) is 157 Å². The number of halogens is 1. The standard InChI is InChI=1S/C31H37IN4O6S2/c1-20(2)8-17-26(36-44(40,41)25-15-13-24(14-16-25)42-23-6-4-3-5-7-23)30(38)34-27(18-21-9-11-22(32)12-10-21)31(39)35-28(19-43)29(33)37/h3-7,9-16,20,26-28,36,43H,8,17-19H2,1-2H3,(H2,33,37)(H,34,38)(H,35,39)/t26-,27-,28-/m0/s1. The average molecular weight is 753 g/mol. The Morgan fingerprint density at radius 3 is 1.95 bits per heavy atom. The monoisotopic (exact) mass is 752 g/mol. The Labute approximate surface area is 277 Å². The molecule has 0 unspecified atom stereocenters. The molecule has 10 nitrogen and oxygen atoms in total. The summed E-state index contributed by atoms with van der Waals surface area (Å²) in [4.78, 5) is 38.6. The van der Waals surface area contributed by atoms with E-state index in [9.17, 15) is 22.8 Å². The van der Waals surface area contributed by atoms with Crippen molar-refractivity contribution >= 4 is 63.0 Å². The molecule has 0 aromatic heterocycles. The Hall–Kier alpha value is -3.14. The van der Waals surface area contributed by atoms with E-state index in [0.29, 0.717) is 17.9 Å². The molecule has 0 saturated heterocycles. The number of rotatable bonds is 16. The largest absolute Gasteiger partial charge is 0.457 e. The number of ether oxygens (including phenoxy) is 1. The van der Waals surface area contributed by atoms with Crippen LogP contribution < -0.4 is 25.8 Å². The van der Waals surface area contributed by atoms with Crippen molar-refractivity contribution in [3.05, 3.63) is 88.0 Å². The van der Waals surface area contributed by atoms with Gasteiger partial charge in [-0.25, -0.2) is 8.42 Å². The van der Waals surface area contributed by atoms with Crippen molar-refractivity contribution in [2.45, 2.75) is 56.1 Å². The number of thiol groups is 1. The number of benzene rings is 3. The zero-order valence-electron chi connectivity index (χ0n) is 24.4. The third-order valence-corrected chi connectivity index (χ3v) is 9.16. The number of nitrogens with one attached hydrogen (secondary N) is 3. The number of amides is 3. The number of carbonyl (C=O) groups excluding carboxylic acids is 3. The van der Waals surface area contributed by atoms with Crippen molar-refractivity contribution in [2.75, 3.05) is 5.75 Å². The van der Waals surface area contributed by atoms with Crippen LogP contribution in [0.4, 0.5) is 0 Å². The van der Waals surface area contributed by atoms with Gasteiger partial charge in [0.15, 0.2) is 0 Å². The van der Waals surface area contributed by atoms with E-state index < -0.39 is 45.9 Å². The summed E-state index contributed by atoms with van der Waals surface area (Å²) in [5.74, 6) is -0.884. The second-order valence-electron chi connectivity index (χ2n) is 10.6. The summed E-state index contributed by atoms with van der Waals surface area (Å²) in [5.41, 5.74) is 6.13. The Morgan fingerprint density at radius 2 is 1.39 bits per heavy atom. The van der Waals surface area contributed by atoms with Crippen LogP contribution in [0.25, 0.3) is 0 Å². The van der Waals surface area contributed by atoms with Crippen LogP contribution in [0.3, 0.4) is 0 Å². The van der Waals surface area contributed by atoms with E-state index in [4.69, 9.17) is 10.5 Å². The van der Waals surface area contributed by atoms with Gasteiger partial charge in [-0.2, -0.15) is 17.4 Å². The highest BCUT2D eigenvalue weighted by Gasteiger charge is 2.31. The first-order valence-corrected chi connectivity index (χ1v) is 17.2. The zero-order valence-corrected chi connectivity index (χ0v) is 28.3. The van der Waals surface area contributed by atoms with Crippen LogP contribution in [0.1, 0.15) is 32.3 Å². The summed E-state index contributed by atoms with van der Waals surface area (Å²) in [6.45, 7) is 3.92. The Kier molecular flexibility index (Phi) is 13.5. The molecule has 0 radical (unpaired) electrons. The van der Waals surface area contributed by atoms with Gasteiger partial charge in [0.1, 0.15) is 29.6 Å². The zero-order chi connectivity index (χ0) is 32.3. The number of primary amides is 1. The number of hydrogen-bond donors (Lipinski definition) is 5. The Balaban J connectivity index is 1.81. The molecule has 3 aromatic rings. The van der Waals surface area contributed by atoms with Crippen LogP contribution in [0, 0.1) is 9.49 Å². The number of hydrogen-bond acceptors (Lipinski definition) is 7. The number of nitrogens with two attached hydrogens (primary N) is 1. The van der Waals surface area contributed by atoms with E-state index in [-0.39, 0.29) is 29.4 Å². The van der Waals surface area contributed by atoms with E-state index in [0.717, 1.165) is 9.13 Å². The maximum Gasteiger partial charge on any atom is 0.243 e. The van der Waals surface area contributed by atoms with Crippen molar-refractivity contribution in [1.29, 1.82) is 0 Å². The third-order valence-electron chi connectivity index (χ3n) is 6.59. The predicted octanol–water partition coefficient (Wildman–Crippen LogP) is 3.79. The van der Waals surface area contributed by atoms with Gasteiger partial charge in [-0.15, -0.1) is 0 Å². The lowest BCUT2D eigenvalue weighted by Crippen LogP contribution is -2.57. The van der Waals surface area contributed by atoms with E-state index in [1.165, 1.54) is 24.3 Å². The quantitative estimate of drug-likeness (QED) is 0.111. The molecule has 0 aliphatic carbocycles. The fraction of sp³-hybridized carbons (Fsp3) is 0.323. The van der Waals surface area contributed by atoms with Gasteiger partial charge >= 0.3 is 0 Å². The van der Waals surface area contributed by atoms with Gasteiger partial charge in [0.05, 0.1) is 4.90 Å². The Morgan fingerprint density at radius 1 is 0.818 bits per heavy atom. The minimum atomic E-state index is -4.13. The van der Waals surface area contributed by atoms with Crippen LogP contribution in [-0.2, 0) is 30.8 Å². The molecular formula is C31H37IN4O6S2. The molecule has 0 bridgehead atoms. The summed E-state index contributed by atoms with van der Waals surface area (Å²) in [6.07, 6.45) is 0.831. The van der Waals surface area contributed by atoms with Crippen LogP contribution >= 0.6 is 35.2 Å². The van der Waals surface area contributed by atoms with E-state index in [1.54, 1.807) is 12.1 Å². The SMILES string of the molecule is CC(C)CC[C@H](NS(=O)(=O)c1ccc(Oc2ccccc2)cc1)C(=O)N[C@@H](Cc1ccc(I)cc1)C(=O)N[C@@H](CS)C(N)=O. The smallest absolute Gasteiger partial charge is 0.243 e. The molecule has 3 atom stereocenters. The summed E-state index contributed by atoms with van der Waals surface area (Å²) in [7, 11) is -4.13. The normalized spacial score (nSPS) is 13.5. The van der Waals surface area contributed by atoms with Crippen LogP contribution in [0.2, 0.25) is 0 Å². The molecular weight excluding hydrogens is 715 g/mol. The van der Waals surface area contributed by atoms with Gasteiger partial charge in [0, 0.05) is 15.7 Å².